The van der Waals surface area contributed by atoms with Crippen molar-refractivity contribution < 1.29 is 14.7 Å². The Kier molecular flexibility index (Phi) is 4.67. The second-order valence-corrected chi connectivity index (χ2v) is 5.33. The van der Waals surface area contributed by atoms with Crippen LogP contribution in [0.4, 0.5) is 0 Å². The molecule has 0 bridgehead atoms. The van der Waals surface area contributed by atoms with Crippen LogP contribution in [0.15, 0.2) is 23.4 Å². The van der Waals surface area contributed by atoms with Crippen LogP contribution in [-0.4, -0.2) is 30.1 Å². The van der Waals surface area contributed by atoms with E-state index >= 15 is 0 Å². The van der Waals surface area contributed by atoms with Crippen molar-refractivity contribution in [1.29, 1.82) is 0 Å². The van der Waals surface area contributed by atoms with E-state index in [0.29, 0.717) is 11.3 Å². The van der Waals surface area contributed by atoms with Crippen molar-refractivity contribution >= 4 is 11.7 Å². The molecule has 1 aliphatic rings. The first-order valence-electron chi connectivity index (χ1n) is 6.99. The minimum Gasteiger partial charge on any atom is -0.496 e. The van der Waals surface area contributed by atoms with Gasteiger partial charge in [0.1, 0.15) is 11.6 Å². The lowest BCUT2D eigenvalue weighted by Crippen LogP contribution is -2.42. The molecule has 1 aliphatic carbocycles. The number of amidine groups is 1. The first-order valence-corrected chi connectivity index (χ1v) is 6.99. The highest BCUT2D eigenvalue weighted by Gasteiger charge is 2.32. The van der Waals surface area contributed by atoms with Crippen molar-refractivity contribution in [2.45, 2.75) is 32.2 Å². The summed E-state index contributed by atoms with van der Waals surface area (Å²) in [5, 5.41) is 14.8. The molecule has 0 saturated heterocycles. The monoisotopic (exact) mass is 291 g/mol. The summed E-state index contributed by atoms with van der Waals surface area (Å²) in [6.45, 7) is 1.92. The van der Waals surface area contributed by atoms with Gasteiger partial charge < -0.3 is 21.0 Å². The van der Waals surface area contributed by atoms with Gasteiger partial charge >= 0.3 is 0 Å². The Morgan fingerprint density at radius 2 is 2.24 bits per heavy atom. The summed E-state index contributed by atoms with van der Waals surface area (Å²) < 4.78 is 5.23. The van der Waals surface area contributed by atoms with Crippen molar-refractivity contribution in [2.24, 2.45) is 16.8 Å². The van der Waals surface area contributed by atoms with E-state index in [0.717, 1.165) is 24.8 Å². The molecule has 2 rings (SSSR count). The molecule has 1 aromatic carbocycles. The third-order valence-corrected chi connectivity index (χ3v) is 4.00. The predicted octanol–water partition coefficient (Wildman–Crippen LogP) is 1.65. The van der Waals surface area contributed by atoms with Crippen LogP contribution < -0.4 is 15.8 Å². The van der Waals surface area contributed by atoms with E-state index in [1.165, 1.54) is 0 Å². The normalized spacial score (nSPS) is 22.1. The fraction of sp³-hybridized carbons (Fsp3) is 0.467. The standard InChI is InChI=1S/C15H21N3O3/c1-9-6-7-10(8-13(9)21-2)15(19)17-12-5-3-4-11(12)14(16)18-20/h6-8,11-12,20H,3-5H2,1-2H3,(H2,16,18)(H,17,19). The number of carbonyl (C=O) groups excluding carboxylic acids is 1. The highest BCUT2D eigenvalue weighted by Crippen LogP contribution is 2.26. The number of carbonyl (C=O) groups is 1. The minimum absolute atomic E-state index is 0.0966. The van der Waals surface area contributed by atoms with E-state index in [-0.39, 0.29) is 23.7 Å². The summed E-state index contributed by atoms with van der Waals surface area (Å²) in [4.78, 5) is 12.3. The number of nitrogens with zero attached hydrogens (tertiary/aromatic N) is 1. The molecule has 114 valence electrons. The second kappa shape index (κ2) is 6.47. The van der Waals surface area contributed by atoms with Crippen LogP contribution >= 0.6 is 0 Å². The SMILES string of the molecule is COc1cc(C(=O)NC2CCCC2C(N)=NO)ccc1C. The second-order valence-electron chi connectivity index (χ2n) is 5.33. The molecule has 21 heavy (non-hydrogen) atoms. The van der Waals surface area contributed by atoms with Crippen molar-refractivity contribution in [3.8, 4) is 5.75 Å². The smallest absolute Gasteiger partial charge is 0.251 e. The number of amides is 1. The highest BCUT2D eigenvalue weighted by atomic mass is 16.5. The molecule has 0 aliphatic heterocycles. The summed E-state index contributed by atoms with van der Waals surface area (Å²) in [6, 6.07) is 5.24. The summed E-state index contributed by atoms with van der Waals surface area (Å²) in [5.41, 5.74) is 7.20. The molecule has 6 nitrogen and oxygen atoms in total. The Morgan fingerprint density at radius 3 is 2.90 bits per heavy atom. The maximum absolute atomic E-state index is 12.3. The molecular formula is C15H21N3O3. The molecule has 6 heteroatoms. The number of benzene rings is 1. The zero-order chi connectivity index (χ0) is 15.4. The molecule has 2 atom stereocenters. The molecule has 1 fully saturated rings. The van der Waals surface area contributed by atoms with Crippen molar-refractivity contribution in [3.05, 3.63) is 29.3 Å². The number of rotatable bonds is 4. The maximum Gasteiger partial charge on any atom is 0.251 e. The van der Waals surface area contributed by atoms with Gasteiger partial charge in [-0.15, -0.1) is 0 Å². The molecule has 0 aromatic heterocycles. The van der Waals surface area contributed by atoms with Gasteiger partial charge in [-0.25, -0.2) is 0 Å². The van der Waals surface area contributed by atoms with Crippen molar-refractivity contribution in [2.75, 3.05) is 7.11 Å². The van der Waals surface area contributed by atoms with Gasteiger partial charge in [-0.1, -0.05) is 17.6 Å². The lowest BCUT2D eigenvalue weighted by Gasteiger charge is -2.20. The average molecular weight is 291 g/mol. The molecule has 2 unspecified atom stereocenters. The number of ether oxygens (including phenoxy) is 1. The van der Waals surface area contributed by atoms with Gasteiger partial charge in [-0.2, -0.15) is 0 Å². The molecule has 1 saturated carbocycles. The van der Waals surface area contributed by atoms with Crippen molar-refractivity contribution in [3.63, 3.8) is 0 Å². The van der Waals surface area contributed by atoms with Gasteiger partial charge in [0.25, 0.3) is 5.91 Å². The van der Waals surface area contributed by atoms with E-state index in [1.807, 2.05) is 13.0 Å². The molecule has 4 N–H and O–H groups in total. The predicted molar refractivity (Wildman–Crippen MR) is 79.7 cm³/mol. The van der Waals surface area contributed by atoms with Gasteiger partial charge in [0, 0.05) is 17.5 Å². The Hall–Kier alpha value is -2.24. The zero-order valence-corrected chi connectivity index (χ0v) is 12.3. The Bertz CT molecular complexity index is 557. The highest BCUT2D eigenvalue weighted by molar-refractivity contribution is 5.95. The van der Waals surface area contributed by atoms with Gasteiger partial charge in [-0.3, -0.25) is 4.79 Å². The van der Waals surface area contributed by atoms with E-state index in [9.17, 15) is 4.79 Å². The first-order chi connectivity index (χ1) is 10.1. The number of hydrogen-bond acceptors (Lipinski definition) is 4. The van der Waals surface area contributed by atoms with Gasteiger partial charge in [0.15, 0.2) is 0 Å². The Morgan fingerprint density at radius 1 is 1.48 bits per heavy atom. The number of nitrogens with one attached hydrogen (secondary N) is 1. The van der Waals surface area contributed by atoms with E-state index < -0.39 is 0 Å². The fourth-order valence-electron chi connectivity index (χ4n) is 2.77. The van der Waals surface area contributed by atoms with Crippen LogP contribution in [-0.2, 0) is 0 Å². The molecule has 1 amide bonds. The lowest BCUT2D eigenvalue weighted by molar-refractivity contribution is 0.0933. The number of nitrogens with two attached hydrogens (primary N) is 1. The number of methoxy groups -OCH3 is 1. The van der Waals surface area contributed by atoms with Gasteiger partial charge in [0.05, 0.1) is 7.11 Å². The average Bonchev–Trinajstić information content (AvgIpc) is 2.94. The number of oxime groups is 1. The number of aryl methyl sites for hydroxylation is 1. The van der Waals surface area contributed by atoms with E-state index in [2.05, 4.69) is 10.5 Å². The molecule has 0 radical (unpaired) electrons. The topological polar surface area (TPSA) is 96.9 Å². The molecule has 0 spiro atoms. The molecule has 0 heterocycles. The minimum atomic E-state index is -0.170. The third kappa shape index (κ3) is 3.26. The van der Waals surface area contributed by atoms with E-state index in [1.54, 1.807) is 19.2 Å². The largest absolute Gasteiger partial charge is 0.496 e. The molecule has 1 aromatic rings. The van der Waals surface area contributed by atoms with E-state index in [4.69, 9.17) is 15.7 Å². The third-order valence-electron chi connectivity index (χ3n) is 4.00. The lowest BCUT2D eigenvalue weighted by atomic mass is 10.0. The summed E-state index contributed by atoms with van der Waals surface area (Å²) in [7, 11) is 1.58. The Labute approximate surface area is 124 Å². The van der Waals surface area contributed by atoms with Crippen LogP contribution in [0.1, 0.15) is 35.2 Å². The van der Waals surface area contributed by atoms with Gasteiger partial charge in [-0.05, 0) is 37.5 Å². The van der Waals surface area contributed by atoms with Gasteiger partial charge in [0.2, 0.25) is 0 Å². The van der Waals surface area contributed by atoms with Crippen LogP contribution in [0.25, 0.3) is 0 Å². The van der Waals surface area contributed by atoms with Crippen molar-refractivity contribution in [1.82, 2.24) is 5.32 Å². The summed E-state index contributed by atoms with van der Waals surface area (Å²) in [5.74, 6) is 0.587. The van der Waals surface area contributed by atoms with Crippen LogP contribution in [0.5, 0.6) is 5.75 Å². The fourth-order valence-corrected chi connectivity index (χ4v) is 2.77. The van der Waals surface area contributed by atoms with Crippen LogP contribution in [0.3, 0.4) is 0 Å². The summed E-state index contributed by atoms with van der Waals surface area (Å²) >= 11 is 0. The molecular weight excluding hydrogens is 270 g/mol. The summed E-state index contributed by atoms with van der Waals surface area (Å²) in [6.07, 6.45) is 2.59. The first kappa shape index (κ1) is 15.2. The number of hydrogen-bond donors (Lipinski definition) is 3. The van der Waals surface area contributed by atoms with Crippen LogP contribution in [0, 0.1) is 12.8 Å². The zero-order valence-electron chi connectivity index (χ0n) is 12.3. The maximum atomic E-state index is 12.3. The Balaban J connectivity index is 2.11. The van der Waals surface area contributed by atoms with Crippen LogP contribution in [0.2, 0.25) is 0 Å². The quantitative estimate of drug-likeness (QED) is 0.340.